The van der Waals surface area contributed by atoms with Crippen LogP contribution in [0.5, 0.6) is 0 Å². The lowest BCUT2D eigenvalue weighted by atomic mass is 9.74. The third kappa shape index (κ3) is 8.08. The first-order valence-corrected chi connectivity index (χ1v) is 11.8. The van der Waals surface area contributed by atoms with Crippen LogP contribution < -0.4 is 5.32 Å². The van der Waals surface area contributed by atoms with Gasteiger partial charge in [-0.15, -0.1) is 0 Å². The first-order chi connectivity index (χ1) is 15.5. The van der Waals surface area contributed by atoms with Gasteiger partial charge in [-0.25, -0.2) is 4.39 Å². The van der Waals surface area contributed by atoms with Crippen LogP contribution in [-0.2, 0) is 11.2 Å². The summed E-state index contributed by atoms with van der Waals surface area (Å²) < 4.78 is 14.5. The van der Waals surface area contributed by atoms with E-state index in [4.69, 9.17) is 0 Å². The summed E-state index contributed by atoms with van der Waals surface area (Å²) in [5.41, 5.74) is 2.08. The van der Waals surface area contributed by atoms with Crippen molar-refractivity contribution in [3.05, 3.63) is 71.0 Å². The average Bonchev–Trinajstić information content (AvgIpc) is 2.74. The molecule has 0 fully saturated rings. The van der Waals surface area contributed by atoms with Crippen LogP contribution in [0.3, 0.4) is 0 Å². The molecular weight excluding hydrogens is 415 g/mol. The Hall–Kier alpha value is -2.53. The molecule has 2 rings (SSSR count). The standard InChI is InChI=1S/C28H39FN2O2/c1-7-11-26(32)23-15-14-20(17-25(23)29)16-22(31(5)6)19-30-27(33)18-24(28(2,3)4)21-12-9-8-10-13-21/h8-10,12-15,17,22,24H,7,11,16,18-19H2,1-6H3,(H,30,33)/t22-,24+/m0/s1. The van der Waals surface area contributed by atoms with Gasteiger partial charge in [-0.2, -0.15) is 0 Å². The van der Waals surface area contributed by atoms with E-state index in [0.717, 1.165) is 11.1 Å². The summed E-state index contributed by atoms with van der Waals surface area (Å²) in [6.45, 7) is 8.84. The molecule has 2 aromatic carbocycles. The van der Waals surface area contributed by atoms with Crippen molar-refractivity contribution in [2.45, 2.75) is 65.3 Å². The Kier molecular flexibility index (Phi) is 9.78. The van der Waals surface area contributed by atoms with E-state index in [2.05, 4.69) is 38.2 Å². The molecule has 0 unspecified atom stereocenters. The summed E-state index contributed by atoms with van der Waals surface area (Å²) in [5, 5.41) is 3.09. The monoisotopic (exact) mass is 454 g/mol. The minimum absolute atomic E-state index is 0.00959. The van der Waals surface area contributed by atoms with Gasteiger partial charge in [-0.1, -0.05) is 64.1 Å². The van der Waals surface area contributed by atoms with E-state index in [0.29, 0.717) is 32.2 Å². The smallest absolute Gasteiger partial charge is 0.220 e. The normalized spacial score (nSPS) is 13.6. The van der Waals surface area contributed by atoms with E-state index in [-0.39, 0.29) is 34.6 Å². The number of Topliss-reactive ketones (excluding diaryl/α,β-unsaturated/α-hetero) is 1. The number of likely N-dealkylation sites (N-methyl/N-ethyl adjacent to an activating group) is 1. The maximum absolute atomic E-state index is 14.5. The van der Waals surface area contributed by atoms with Crippen LogP contribution in [0.1, 0.15) is 74.4 Å². The van der Waals surface area contributed by atoms with Crippen LogP contribution in [0.2, 0.25) is 0 Å². The highest BCUT2D eigenvalue weighted by molar-refractivity contribution is 5.96. The third-order valence-electron chi connectivity index (χ3n) is 6.18. The summed E-state index contributed by atoms with van der Waals surface area (Å²) in [6.07, 6.45) is 2.04. The maximum Gasteiger partial charge on any atom is 0.220 e. The van der Waals surface area contributed by atoms with Crippen molar-refractivity contribution >= 4 is 11.7 Å². The van der Waals surface area contributed by atoms with Gasteiger partial charge in [0.1, 0.15) is 5.82 Å². The maximum atomic E-state index is 14.5. The third-order valence-corrected chi connectivity index (χ3v) is 6.18. The average molecular weight is 455 g/mol. The summed E-state index contributed by atoms with van der Waals surface area (Å²) in [4.78, 5) is 26.9. The molecule has 0 aliphatic carbocycles. The van der Waals surface area contributed by atoms with Crippen LogP contribution in [0.15, 0.2) is 48.5 Å². The number of hydrogen-bond acceptors (Lipinski definition) is 3. The summed E-state index contributed by atoms with van der Waals surface area (Å²) in [5.74, 6) is -0.510. The molecule has 4 nitrogen and oxygen atoms in total. The molecule has 1 amide bonds. The van der Waals surface area contributed by atoms with E-state index in [1.54, 1.807) is 6.07 Å². The Morgan fingerprint density at radius 3 is 2.27 bits per heavy atom. The Morgan fingerprint density at radius 2 is 1.73 bits per heavy atom. The van der Waals surface area contributed by atoms with Gasteiger partial charge in [-0.3, -0.25) is 9.59 Å². The number of nitrogens with zero attached hydrogens (tertiary/aromatic N) is 1. The lowest BCUT2D eigenvalue weighted by Gasteiger charge is -2.31. The van der Waals surface area contributed by atoms with Gasteiger partial charge in [0.2, 0.25) is 5.91 Å². The van der Waals surface area contributed by atoms with E-state index < -0.39 is 5.82 Å². The molecule has 0 saturated carbocycles. The zero-order valence-electron chi connectivity index (χ0n) is 21.0. The van der Waals surface area contributed by atoms with E-state index >= 15 is 0 Å². The SMILES string of the molecule is CCCC(=O)c1ccc(C[C@@H](CNC(=O)C[C@H](c2ccccc2)C(C)(C)C)N(C)C)cc1F. The molecule has 0 aliphatic rings. The number of rotatable bonds is 11. The molecule has 2 aromatic rings. The summed E-state index contributed by atoms with van der Waals surface area (Å²) in [6, 6.07) is 15.0. The zero-order valence-corrected chi connectivity index (χ0v) is 21.0. The van der Waals surface area contributed by atoms with Crippen molar-refractivity contribution in [2.75, 3.05) is 20.6 Å². The molecule has 0 radical (unpaired) electrons. The van der Waals surface area contributed by atoms with Crippen molar-refractivity contribution < 1.29 is 14.0 Å². The highest BCUT2D eigenvalue weighted by atomic mass is 19.1. The molecule has 0 aliphatic heterocycles. The molecule has 0 aromatic heterocycles. The number of nitrogens with one attached hydrogen (secondary N) is 1. The number of carbonyl (C=O) groups is 2. The molecule has 180 valence electrons. The molecule has 1 N–H and O–H groups in total. The number of carbonyl (C=O) groups excluding carboxylic acids is 2. The van der Waals surface area contributed by atoms with Crippen LogP contribution in [0.25, 0.3) is 0 Å². The number of amides is 1. The molecule has 0 spiro atoms. The van der Waals surface area contributed by atoms with Crippen molar-refractivity contribution in [1.29, 1.82) is 0 Å². The first kappa shape index (κ1) is 26.7. The van der Waals surface area contributed by atoms with Gasteiger partial charge in [0.05, 0.1) is 5.56 Å². The highest BCUT2D eigenvalue weighted by Crippen LogP contribution is 2.37. The summed E-state index contributed by atoms with van der Waals surface area (Å²) >= 11 is 0. The molecule has 0 bridgehead atoms. The number of halogens is 1. The lowest BCUT2D eigenvalue weighted by molar-refractivity contribution is -0.122. The fourth-order valence-corrected chi connectivity index (χ4v) is 4.08. The highest BCUT2D eigenvalue weighted by Gasteiger charge is 2.28. The van der Waals surface area contributed by atoms with Crippen LogP contribution in [0, 0.1) is 11.2 Å². The minimum Gasteiger partial charge on any atom is -0.355 e. The van der Waals surface area contributed by atoms with Gasteiger partial charge < -0.3 is 10.2 Å². The fraction of sp³-hybridized carbons (Fsp3) is 0.500. The summed E-state index contributed by atoms with van der Waals surface area (Å²) in [7, 11) is 3.91. The number of hydrogen-bond donors (Lipinski definition) is 1. The fourth-order valence-electron chi connectivity index (χ4n) is 4.08. The van der Waals surface area contributed by atoms with E-state index in [9.17, 15) is 14.0 Å². The van der Waals surface area contributed by atoms with Gasteiger partial charge >= 0.3 is 0 Å². The van der Waals surface area contributed by atoms with Crippen molar-refractivity contribution in [3.63, 3.8) is 0 Å². The van der Waals surface area contributed by atoms with Crippen molar-refractivity contribution in [2.24, 2.45) is 5.41 Å². The largest absolute Gasteiger partial charge is 0.355 e. The lowest BCUT2D eigenvalue weighted by Crippen LogP contribution is -2.42. The second-order valence-electron chi connectivity index (χ2n) is 10.1. The predicted molar refractivity (Wildman–Crippen MR) is 133 cm³/mol. The van der Waals surface area contributed by atoms with Crippen molar-refractivity contribution in [3.8, 4) is 0 Å². The second kappa shape index (κ2) is 12.1. The number of ketones is 1. The van der Waals surface area contributed by atoms with Gasteiger partial charge in [0, 0.05) is 25.4 Å². The minimum atomic E-state index is -0.469. The van der Waals surface area contributed by atoms with Crippen LogP contribution in [0.4, 0.5) is 4.39 Å². The molecule has 0 saturated heterocycles. The zero-order chi connectivity index (χ0) is 24.6. The topological polar surface area (TPSA) is 49.4 Å². The van der Waals surface area contributed by atoms with Crippen LogP contribution in [-0.4, -0.2) is 43.3 Å². The van der Waals surface area contributed by atoms with E-state index in [1.165, 1.54) is 6.07 Å². The van der Waals surface area contributed by atoms with Gasteiger partial charge in [-0.05, 0) is 61.5 Å². The first-order valence-electron chi connectivity index (χ1n) is 11.8. The van der Waals surface area contributed by atoms with Crippen molar-refractivity contribution in [1.82, 2.24) is 10.2 Å². The predicted octanol–water partition coefficient (Wildman–Crippen LogP) is 5.62. The Balaban J connectivity index is 2.03. The number of benzene rings is 2. The molecule has 2 atom stereocenters. The Labute approximate surface area is 198 Å². The molecule has 33 heavy (non-hydrogen) atoms. The second-order valence-corrected chi connectivity index (χ2v) is 10.1. The van der Waals surface area contributed by atoms with Gasteiger partial charge in [0.15, 0.2) is 5.78 Å². The van der Waals surface area contributed by atoms with Crippen LogP contribution >= 0.6 is 0 Å². The molecule has 0 heterocycles. The molecule has 5 heteroatoms. The Morgan fingerprint density at radius 1 is 1.06 bits per heavy atom. The quantitative estimate of drug-likeness (QED) is 0.449. The van der Waals surface area contributed by atoms with Gasteiger partial charge in [0.25, 0.3) is 0 Å². The Bertz CT molecular complexity index is 919. The van der Waals surface area contributed by atoms with E-state index in [1.807, 2.05) is 50.2 Å². The molecular formula is C28H39FN2O2.